The molecule has 0 spiro atoms. The van der Waals surface area contributed by atoms with Crippen molar-refractivity contribution in [1.29, 1.82) is 0 Å². The molecule has 4 N–H and O–H groups in total. The maximum atomic E-state index is 9.00. The minimum Gasteiger partial charge on any atom is -0.516 e. The third kappa shape index (κ3) is 296. The average Bonchev–Trinajstić information content (AvgIpc) is 2.03. The van der Waals surface area contributed by atoms with Crippen LogP contribution in [0.1, 0.15) is 20.3 Å². The molecule has 6 heteroatoms. The molecule has 0 heterocycles. The highest BCUT2D eigenvalue weighted by Crippen LogP contribution is 1.80. The van der Waals surface area contributed by atoms with E-state index in [1.165, 1.54) is 12.2 Å². The molecule has 0 aliphatic rings. The van der Waals surface area contributed by atoms with E-state index in [0.29, 0.717) is 6.42 Å². The number of aliphatic carboxylic acids is 2. The summed E-state index contributed by atoms with van der Waals surface area (Å²) in [6.07, 6.45) is 5.51. The van der Waals surface area contributed by atoms with Crippen molar-refractivity contribution in [1.82, 2.24) is 0 Å². The van der Waals surface area contributed by atoms with Gasteiger partial charge in [0.25, 0.3) is 11.9 Å². The molecule has 0 saturated carbocycles. The van der Waals surface area contributed by atoms with Crippen molar-refractivity contribution in [3.05, 3.63) is 24.7 Å². The summed E-state index contributed by atoms with van der Waals surface area (Å²) in [4.78, 5) is 18.0. The highest BCUT2D eigenvalue weighted by atomic mass is 16.4. The molecule has 0 atom stereocenters. The molecule has 0 aromatic carbocycles. The molecule has 0 unspecified atom stereocenters. The summed E-state index contributed by atoms with van der Waals surface area (Å²) in [6, 6.07) is 0. The summed E-state index contributed by atoms with van der Waals surface area (Å²) in [6.45, 7) is 2.17. The second-order valence-electron chi connectivity index (χ2n) is 2.04. The number of rotatable bonds is 2. The van der Waals surface area contributed by atoms with Crippen LogP contribution in [0.2, 0.25) is 0 Å². The number of aliphatic hydroxyl groups is 2. The van der Waals surface area contributed by atoms with Gasteiger partial charge in [0.2, 0.25) is 0 Å². The van der Waals surface area contributed by atoms with Crippen molar-refractivity contribution in [2.24, 2.45) is 0 Å². The van der Waals surface area contributed by atoms with Gasteiger partial charge in [-0.3, -0.25) is 9.59 Å². The lowest BCUT2D eigenvalue weighted by atomic mass is 10.4. The lowest BCUT2D eigenvalue weighted by Crippen LogP contribution is -1.78. The molecular weight excluding hydrogens is 204 g/mol. The fourth-order valence-electron chi connectivity index (χ4n) is 0.200. The second-order valence-corrected chi connectivity index (χ2v) is 2.04. The van der Waals surface area contributed by atoms with Crippen LogP contribution < -0.4 is 0 Å². The number of hydrogen-bond donors (Lipinski definition) is 4. The standard InChI is InChI=1S/C5H8O2.2C2H4O2/c6-4-2-1-3-5-7;2*1-2(3)4/h2-7H,1H2;2*1H3,(H,3,4)/b4-2+,5-3+;;. The molecule has 0 fully saturated rings. The predicted molar refractivity (Wildman–Crippen MR) is 54.8 cm³/mol. The Kier molecular flexibility index (Phi) is 22.4. The Morgan fingerprint density at radius 1 is 0.933 bits per heavy atom. The smallest absolute Gasteiger partial charge is 0.300 e. The highest BCUT2D eigenvalue weighted by molar-refractivity contribution is 5.63. The Hall–Kier alpha value is -1.98. The van der Waals surface area contributed by atoms with Crippen LogP contribution in [0.3, 0.4) is 0 Å². The van der Waals surface area contributed by atoms with Gasteiger partial charge in [-0.1, -0.05) is 0 Å². The Balaban J connectivity index is -0.000000155. The molecule has 88 valence electrons. The van der Waals surface area contributed by atoms with Crippen molar-refractivity contribution in [2.45, 2.75) is 20.3 Å². The van der Waals surface area contributed by atoms with Crippen LogP contribution in [-0.4, -0.2) is 32.4 Å². The van der Waals surface area contributed by atoms with Crippen molar-refractivity contribution in [2.75, 3.05) is 0 Å². The first-order chi connectivity index (χ1) is 6.88. The zero-order valence-electron chi connectivity index (χ0n) is 8.62. The minimum atomic E-state index is -0.833. The average molecular weight is 220 g/mol. The molecule has 0 aliphatic carbocycles. The van der Waals surface area contributed by atoms with Gasteiger partial charge < -0.3 is 20.4 Å². The first-order valence-electron chi connectivity index (χ1n) is 3.86. The van der Waals surface area contributed by atoms with E-state index in [-0.39, 0.29) is 0 Å². The molecule has 15 heavy (non-hydrogen) atoms. The molecule has 0 radical (unpaired) electrons. The third-order valence-electron chi connectivity index (χ3n) is 0.483. The Bertz CT molecular complexity index is 177. The monoisotopic (exact) mass is 220 g/mol. The zero-order valence-corrected chi connectivity index (χ0v) is 8.62. The number of hydrogen-bond acceptors (Lipinski definition) is 4. The maximum Gasteiger partial charge on any atom is 0.300 e. The number of carbonyl (C=O) groups is 2. The van der Waals surface area contributed by atoms with E-state index in [1.807, 2.05) is 0 Å². The van der Waals surface area contributed by atoms with E-state index < -0.39 is 11.9 Å². The van der Waals surface area contributed by atoms with E-state index in [1.54, 1.807) is 0 Å². The van der Waals surface area contributed by atoms with E-state index in [0.717, 1.165) is 26.4 Å². The lowest BCUT2D eigenvalue weighted by Gasteiger charge is -1.72. The van der Waals surface area contributed by atoms with Gasteiger partial charge in [-0.15, -0.1) is 0 Å². The molecule has 0 aromatic rings. The number of allylic oxidation sites excluding steroid dienone is 2. The van der Waals surface area contributed by atoms with Gasteiger partial charge in [-0.25, -0.2) is 0 Å². The van der Waals surface area contributed by atoms with Gasteiger partial charge >= 0.3 is 0 Å². The highest BCUT2D eigenvalue weighted by Gasteiger charge is 1.66. The molecule has 0 bridgehead atoms. The molecule has 0 amide bonds. The number of carboxylic acids is 2. The summed E-state index contributed by atoms with van der Waals surface area (Å²) in [5.74, 6) is -1.67. The SMILES string of the molecule is CC(=O)O.CC(=O)O.O/C=C/C/C=C/O. The zero-order chi connectivity index (χ0) is 12.7. The van der Waals surface area contributed by atoms with Gasteiger partial charge in [0, 0.05) is 13.8 Å². The fraction of sp³-hybridized carbons (Fsp3) is 0.333. The van der Waals surface area contributed by atoms with Gasteiger partial charge in [0.15, 0.2) is 0 Å². The predicted octanol–water partition coefficient (Wildman–Crippen LogP) is 1.70. The summed E-state index contributed by atoms with van der Waals surface area (Å²) in [5, 5.41) is 30.8. The molecule has 0 aliphatic heterocycles. The number of aliphatic hydroxyl groups excluding tert-OH is 2. The van der Waals surface area contributed by atoms with Crippen LogP contribution in [0.5, 0.6) is 0 Å². The van der Waals surface area contributed by atoms with Crippen LogP contribution >= 0.6 is 0 Å². The summed E-state index contributed by atoms with van der Waals surface area (Å²) in [7, 11) is 0. The van der Waals surface area contributed by atoms with Gasteiger partial charge in [-0.05, 0) is 18.6 Å². The molecule has 0 saturated heterocycles. The van der Waals surface area contributed by atoms with E-state index in [4.69, 9.17) is 30.0 Å². The second kappa shape index (κ2) is 17.9. The van der Waals surface area contributed by atoms with Crippen molar-refractivity contribution in [3.8, 4) is 0 Å². The Labute approximate surface area is 87.8 Å². The summed E-state index contributed by atoms with van der Waals surface area (Å²) >= 11 is 0. The van der Waals surface area contributed by atoms with E-state index in [9.17, 15) is 0 Å². The summed E-state index contributed by atoms with van der Waals surface area (Å²) < 4.78 is 0. The molecule has 0 rings (SSSR count). The minimum absolute atomic E-state index is 0.576. The van der Waals surface area contributed by atoms with Crippen LogP contribution in [0.4, 0.5) is 0 Å². The Morgan fingerprint density at radius 2 is 1.13 bits per heavy atom. The fourth-order valence-corrected chi connectivity index (χ4v) is 0.200. The van der Waals surface area contributed by atoms with Crippen molar-refractivity contribution >= 4 is 11.9 Å². The molecule has 6 nitrogen and oxygen atoms in total. The van der Waals surface area contributed by atoms with E-state index >= 15 is 0 Å². The van der Waals surface area contributed by atoms with Gasteiger partial charge in [-0.2, -0.15) is 0 Å². The van der Waals surface area contributed by atoms with Crippen molar-refractivity contribution < 1.29 is 30.0 Å². The summed E-state index contributed by atoms with van der Waals surface area (Å²) in [5.41, 5.74) is 0. The van der Waals surface area contributed by atoms with Crippen LogP contribution in [-0.2, 0) is 9.59 Å². The number of carboxylic acid groups (broad SMARTS) is 2. The quantitative estimate of drug-likeness (QED) is 0.526. The van der Waals surface area contributed by atoms with Crippen LogP contribution in [0.25, 0.3) is 0 Å². The molecule has 0 aromatic heterocycles. The lowest BCUT2D eigenvalue weighted by molar-refractivity contribution is -0.135. The third-order valence-corrected chi connectivity index (χ3v) is 0.483. The van der Waals surface area contributed by atoms with Crippen LogP contribution in [0, 0.1) is 0 Å². The normalized spacial score (nSPS) is 8.67. The topological polar surface area (TPSA) is 115 Å². The first kappa shape index (κ1) is 18.7. The van der Waals surface area contributed by atoms with Gasteiger partial charge in [0.05, 0.1) is 12.5 Å². The van der Waals surface area contributed by atoms with Crippen molar-refractivity contribution in [3.63, 3.8) is 0 Å². The maximum absolute atomic E-state index is 9.00. The largest absolute Gasteiger partial charge is 0.516 e. The van der Waals surface area contributed by atoms with Gasteiger partial charge in [0.1, 0.15) is 0 Å². The van der Waals surface area contributed by atoms with Crippen LogP contribution in [0.15, 0.2) is 24.7 Å². The Morgan fingerprint density at radius 3 is 1.27 bits per heavy atom. The molecular formula is C9H16O6. The van der Waals surface area contributed by atoms with E-state index in [2.05, 4.69) is 0 Å². The first-order valence-corrected chi connectivity index (χ1v) is 3.86.